The standard InChI is InChI=1S/C12H14N2O/c1-9-3-5-12(6-4-9)15-8-11-7-13-10(2)14-11/h3-7H,8H2,1-2H3,(H,13,14). The molecular formula is C12H14N2O. The number of aromatic nitrogens is 2. The minimum Gasteiger partial charge on any atom is -0.487 e. The van der Waals surface area contributed by atoms with Crippen LogP contribution in [0.5, 0.6) is 5.75 Å². The number of hydrogen-bond donors (Lipinski definition) is 1. The van der Waals surface area contributed by atoms with Crippen molar-refractivity contribution in [1.29, 1.82) is 0 Å². The Bertz CT molecular complexity index is 431. The summed E-state index contributed by atoms with van der Waals surface area (Å²) in [6.07, 6.45) is 1.80. The first-order valence-electron chi connectivity index (χ1n) is 4.94. The SMILES string of the molecule is Cc1ccc(OCc2cnc(C)[nH]2)cc1. The number of rotatable bonds is 3. The first-order valence-corrected chi connectivity index (χ1v) is 4.94. The first-order chi connectivity index (χ1) is 7.24. The summed E-state index contributed by atoms with van der Waals surface area (Å²) in [6.45, 7) is 4.52. The number of nitrogens with zero attached hydrogens (tertiary/aromatic N) is 1. The molecule has 3 nitrogen and oxygen atoms in total. The van der Waals surface area contributed by atoms with Gasteiger partial charge in [0.25, 0.3) is 0 Å². The topological polar surface area (TPSA) is 37.9 Å². The summed E-state index contributed by atoms with van der Waals surface area (Å²) >= 11 is 0. The Morgan fingerprint density at radius 2 is 1.93 bits per heavy atom. The molecule has 1 aromatic heterocycles. The van der Waals surface area contributed by atoms with Crippen LogP contribution in [0.15, 0.2) is 30.5 Å². The molecule has 2 aromatic rings. The van der Waals surface area contributed by atoms with Gasteiger partial charge in [0.2, 0.25) is 0 Å². The maximum atomic E-state index is 5.59. The second-order valence-electron chi connectivity index (χ2n) is 3.60. The third-order valence-electron chi connectivity index (χ3n) is 2.17. The summed E-state index contributed by atoms with van der Waals surface area (Å²) in [4.78, 5) is 7.23. The van der Waals surface area contributed by atoms with Crippen molar-refractivity contribution in [2.45, 2.75) is 20.5 Å². The Labute approximate surface area is 89.1 Å². The van der Waals surface area contributed by atoms with E-state index in [2.05, 4.69) is 16.9 Å². The number of aryl methyl sites for hydroxylation is 2. The van der Waals surface area contributed by atoms with E-state index in [1.807, 2.05) is 31.2 Å². The number of benzene rings is 1. The second-order valence-corrected chi connectivity index (χ2v) is 3.60. The molecule has 0 unspecified atom stereocenters. The van der Waals surface area contributed by atoms with E-state index in [1.54, 1.807) is 6.20 Å². The lowest BCUT2D eigenvalue weighted by atomic mass is 10.2. The van der Waals surface area contributed by atoms with E-state index in [1.165, 1.54) is 5.56 Å². The molecule has 0 aliphatic heterocycles. The van der Waals surface area contributed by atoms with E-state index in [0.717, 1.165) is 17.3 Å². The fourth-order valence-electron chi connectivity index (χ4n) is 1.34. The first kappa shape index (κ1) is 9.77. The highest BCUT2D eigenvalue weighted by Gasteiger charge is 1.98. The van der Waals surface area contributed by atoms with Gasteiger partial charge in [-0.2, -0.15) is 0 Å². The lowest BCUT2D eigenvalue weighted by Crippen LogP contribution is -1.95. The van der Waals surface area contributed by atoms with Crippen molar-refractivity contribution < 1.29 is 4.74 Å². The zero-order chi connectivity index (χ0) is 10.7. The Balaban J connectivity index is 1.96. The molecule has 0 fully saturated rings. The quantitative estimate of drug-likeness (QED) is 0.830. The number of nitrogens with one attached hydrogen (secondary N) is 1. The van der Waals surface area contributed by atoms with Gasteiger partial charge in [0.1, 0.15) is 18.2 Å². The lowest BCUT2D eigenvalue weighted by Gasteiger charge is -2.04. The average molecular weight is 202 g/mol. The van der Waals surface area contributed by atoms with Crippen LogP contribution in [0.25, 0.3) is 0 Å². The maximum absolute atomic E-state index is 5.59. The Morgan fingerprint density at radius 3 is 2.53 bits per heavy atom. The normalized spacial score (nSPS) is 10.3. The van der Waals surface area contributed by atoms with Crippen molar-refractivity contribution in [1.82, 2.24) is 9.97 Å². The Hall–Kier alpha value is -1.77. The van der Waals surface area contributed by atoms with Crippen molar-refractivity contribution in [3.05, 3.63) is 47.5 Å². The lowest BCUT2D eigenvalue weighted by molar-refractivity contribution is 0.302. The van der Waals surface area contributed by atoms with Gasteiger partial charge in [0, 0.05) is 0 Å². The van der Waals surface area contributed by atoms with E-state index in [9.17, 15) is 0 Å². The molecule has 1 heterocycles. The van der Waals surface area contributed by atoms with Crippen molar-refractivity contribution in [3.8, 4) is 5.75 Å². The molecule has 0 saturated carbocycles. The van der Waals surface area contributed by atoms with Gasteiger partial charge in [0.15, 0.2) is 0 Å². The van der Waals surface area contributed by atoms with Crippen LogP contribution in [0.3, 0.4) is 0 Å². The Kier molecular flexibility index (Phi) is 2.72. The van der Waals surface area contributed by atoms with Gasteiger partial charge in [-0.3, -0.25) is 0 Å². The summed E-state index contributed by atoms with van der Waals surface area (Å²) in [7, 11) is 0. The van der Waals surface area contributed by atoms with E-state index >= 15 is 0 Å². The second kappa shape index (κ2) is 4.17. The van der Waals surface area contributed by atoms with Gasteiger partial charge in [-0.05, 0) is 26.0 Å². The van der Waals surface area contributed by atoms with Crippen LogP contribution in [0.1, 0.15) is 17.1 Å². The molecule has 0 radical (unpaired) electrons. The molecule has 0 atom stereocenters. The van der Waals surface area contributed by atoms with E-state index in [0.29, 0.717) is 6.61 Å². The van der Waals surface area contributed by atoms with Gasteiger partial charge >= 0.3 is 0 Å². The highest BCUT2D eigenvalue weighted by atomic mass is 16.5. The van der Waals surface area contributed by atoms with Crippen molar-refractivity contribution in [3.63, 3.8) is 0 Å². The summed E-state index contributed by atoms with van der Waals surface area (Å²) in [5.41, 5.74) is 2.23. The number of hydrogen-bond acceptors (Lipinski definition) is 2. The van der Waals surface area contributed by atoms with Crippen molar-refractivity contribution >= 4 is 0 Å². The molecule has 0 aliphatic rings. The zero-order valence-corrected chi connectivity index (χ0v) is 8.95. The molecular weight excluding hydrogens is 188 g/mol. The van der Waals surface area contributed by atoms with Crippen LogP contribution in [-0.2, 0) is 6.61 Å². The highest BCUT2D eigenvalue weighted by Crippen LogP contribution is 2.12. The van der Waals surface area contributed by atoms with Gasteiger partial charge < -0.3 is 9.72 Å². The molecule has 78 valence electrons. The molecule has 15 heavy (non-hydrogen) atoms. The van der Waals surface area contributed by atoms with E-state index in [-0.39, 0.29) is 0 Å². The van der Waals surface area contributed by atoms with Crippen molar-refractivity contribution in [2.24, 2.45) is 0 Å². The van der Waals surface area contributed by atoms with E-state index in [4.69, 9.17) is 4.74 Å². The van der Waals surface area contributed by atoms with Gasteiger partial charge in [-0.25, -0.2) is 4.98 Å². The number of ether oxygens (including phenoxy) is 1. The summed E-state index contributed by atoms with van der Waals surface area (Å²) < 4.78 is 5.59. The van der Waals surface area contributed by atoms with Crippen molar-refractivity contribution in [2.75, 3.05) is 0 Å². The average Bonchev–Trinajstić information content (AvgIpc) is 2.64. The van der Waals surface area contributed by atoms with Gasteiger partial charge in [-0.1, -0.05) is 17.7 Å². The maximum Gasteiger partial charge on any atom is 0.130 e. The van der Waals surface area contributed by atoms with Crippen LogP contribution in [-0.4, -0.2) is 9.97 Å². The predicted molar refractivity (Wildman–Crippen MR) is 58.8 cm³/mol. The molecule has 1 N–H and O–H groups in total. The number of H-pyrrole nitrogens is 1. The molecule has 0 aliphatic carbocycles. The summed E-state index contributed by atoms with van der Waals surface area (Å²) in [5.74, 6) is 1.80. The fourth-order valence-corrected chi connectivity index (χ4v) is 1.34. The van der Waals surface area contributed by atoms with Crippen LogP contribution in [0.4, 0.5) is 0 Å². The zero-order valence-electron chi connectivity index (χ0n) is 8.95. The molecule has 2 rings (SSSR count). The molecule has 0 spiro atoms. The summed E-state index contributed by atoms with van der Waals surface area (Å²) in [5, 5.41) is 0. The minimum absolute atomic E-state index is 0.532. The molecule has 3 heteroatoms. The van der Waals surface area contributed by atoms with E-state index < -0.39 is 0 Å². The largest absolute Gasteiger partial charge is 0.487 e. The number of aromatic amines is 1. The molecule has 0 bridgehead atoms. The van der Waals surface area contributed by atoms with Crippen LogP contribution in [0.2, 0.25) is 0 Å². The smallest absolute Gasteiger partial charge is 0.130 e. The molecule has 0 saturated heterocycles. The van der Waals surface area contributed by atoms with Crippen LogP contribution in [0, 0.1) is 13.8 Å². The molecule has 0 amide bonds. The number of imidazole rings is 1. The van der Waals surface area contributed by atoms with Gasteiger partial charge in [0.05, 0.1) is 11.9 Å². The predicted octanol–water partition coefficient (Wildman–Crippen LogP) is 2.61. The Morgan fingerprint density at radius 1 is 1.20 bits per heavy atom. The van der Waals surface area contributed by atoms with Crippen LogP contribution < -0.4 is 4.74 Å². The fraction of sp³-hybridized carbons (Fsp3) is 0.250. The molecule has 1 aromatic carbocycles. The highest BCUT2D eigenvalue weighted by molar-refractivity contribution is 5.26. The third kappa shape index (κ3) is 2.59. The minimum atomic E-state index is 0.532. The summed E-state index contributed by atoms with van der Waals surface area (Å²) in [6, 6.07) is 8.01. The van der Waals surface area contributed by atoms with Gasteiger partial charge in [-0.15, -0.1) is 0 Å². The van der Waals surface area contributed by atoms with Crippen LogP contribution >= 0.6 is 0 Å². The third-order valence-corrected chi connectivity index (χ3v) is 2.17. The monoisotopic (exact) mass is 202 g/mol.